The molecule has 3 aliphatic rings. The van der Waals surface area contributed by atoms with Gasteiger partial charge in [0.2, 0.25) is 10.0 Å². The third-order valence-corrected chi connectivity index (χ3v) is 11.2. The van der Waals surface area contributed by atoms with Gasteiger partial charge in [0, 0.05) is 37.2 Å². The van der Waals surface area contributed by atoms with Gasteiger partial charge in [-0.05, 0) is 91.8 Å². The molecule has 0 bridgehead atoms. The van der Waals surface area contributed by atoms with Crippen molar-refractivity contribution >= 4 is 27.8 Å². The second kappa shape index (κ2) is 14.3. The number of hydrogen-bond acceptors (Lipinski definition) is 7. The lowest BCUT2D eigenvalue weighted by atomic mass is 9.89. The Kier molecular flexibility index (Phi) is 10.7. The molecule has 0 aromatic heterocycles. The maximum absolute atomic E-state index is 13.3. The highest BCUT2D eigenvalue weighted by Crippen LogP contribution is 2.34. The second-order valence-electron chi connectivity index (χ2n) is 13.7. The van der Waals surface area contributed by atoms with Crippen molar-refractivity contribution in [1.82, 2.24) is 14.5 Å². The Morgan fingerprint density at radius 1 is 1.12 bits per heavy atom. The normalized spacial score (nSPS) is 21.3. The molecule has 3 heterocycles. The summed E-state index contributed by atoms with van der Waals surface area (Å²) in [5, 5.41) is 15.0. The lowest BCUT2D eigenvalue weighted by Gasteiger charge is -2.34. The van der Waals surface area contributed by atoms with Gasteiger partial charge in [-0.25, -0.2) is 8.42 Å². The van der Waals surface area contributed by atoms with Crippen LogP contribution in [-0.4, -0.2) is 72.6 Å². The van der Waals surface area contributed by atoms with E-state index in [1.165, 1.54) is 41.1 Å². The lowest BCUT2D eigenvalue weighted by Crippen LogP contribution is -2.50. The number of aliphatic imine (C=N–C) groups is 1. The third kappa shape index (κ3) is 8.47. The SMILES string of the molecule is Cc1cc(C(O)N2CC[C@@H](CCCC(C)C)C2)cc(C)c1/C=C/S(=O)(=O)N1CCC2(CC1)N=C(c1cccc(OC(F)(F)F)c1)NC2=O. The van der Waals surface area contributed by atoms with Crippen LogP contribution >= 0.6 is 0 Å². The number of carbonyl (C=O) groups is 1. The highest BCUT2D eigenvalue weighted by Gasteiger charge is 2.47. The number of likely N-dealkylation sites (tertiary alicyclic amines) is 1. The molecule has 0 aliphatic carbocycles. The highest BCUT2D eigenvalue weighted by molar-refractivity contribution is 7.92. The summed E-state index contributed by atoms with van der Waals surface area (Å²) in [5.41, 5.74) is 2.32. The van der Waals surface area contributed by atoms with Crippen molar-refractivity contribution in [3.8, 4) is 5.75 Å². The molecule has 1 unspecified atom stereocenters. The number of aryl methyl sites for hydroxylation is 2. The summed E-state index contributed by atoms with van der Waals surface area (Å²) in [6.45, 7) is 10.1. The number of carbonyl (C=O) groups excluding carboxylic acids is 1. The molecule has 2 fully saturated rings. The van der Waals surface area contributed by atoms with Crippen molar-refractivity contribution in [2.24, 2.45) is 16.8 Å². The quantitative estimate of drug-likeness (QED) is 0.297. The molecule has 13 heteroatoms. The number of ether oxygens (including phenoxy) is 1. The Labute approximate surface area is 280 Å². The molecule has 2 aromatic carbocycles. The van der Waals surface area contributed by atoms with Crippen molar-refractivity contribution in [3.63, 3.8) is 0 Å². The first-order valence-electron chi connectivity index (χ1n) is 16.5. The Hall–Kier alpha value is -3.26. The molecule has 48 heavy (non-hydrogen) atoms. The van der Waals surface area contributed by atoms with E-state index in [0.717, 1.165) is 53.9 Å². The van der Waals surface area contributed by atoms with Crippen LogP contribution in [0, 0.1) is 25.7 Å². The Morgan fingerprint density at radius 3 is 2.46 bits per heavy atom. The number of halogens is 3. The number of amidine groups is 1. The van der Waals surface area contributed by atoms with Gasteiger partial charge in [0.15, 0.2) is 0 Å². The van der Waals surface area contributed by atoms with E-state index in [1.54, 1.807) is 6.08 Å². The molecule has 2 saturated heterocycles. The Morgan fingerprint density at radius 2 is 1.81 bits per heavy atom. The number of rotatable bonds is 11. The molecule has 0 saturated carbocycles. The van der Waals surface area contributed by atoms with E-state index < -0.39 is 39.8 Å². The van der Waals surface area contributed by atoms with Crippen LogP contribution in [0.15, 0.2) is 46.8 Å². The summed E-state index contributed by atoms with van der Waals surface area (Å²) in [6.07, 6.45) is 0.926. The summed E-state index contributed by atoms with van der Waals surface area (Å²) in [5.74, 6) is 0.554. The summed E-state index contributed by atoms with van der Waals surface area (Å²) in [7, 11) is -3.83. The second-order valence-corrected chi connectivity index (χ2v) is 15.5. The predicted octanol–water partition coefficient (Wildman–Crippen LogP) is 6.05. The van der Waals surface area contributed by atoms with E-state index in [0.29, 0.717) is 11.8 Å². The van der Waals surface area contributed by atoms with Crippen LogP contribution in [0.4, 0.5) is 13.2 Å². The fourth-order valence-corrected chi connectivity index (χ4v) is 8.12. The molecule has 1 spiro atoms. The molecule has 1 amide bonds. The minimum atomic E-state index is -4.86. The van der Waals surface area contributed by atoms with Crippen LogP contribution in [0.25, 0.3) is 6.08 Å². The van der Waals surface area contributed by atoms with Gasteiger partial charge in [-0.3, -0.25) is 14.7 Å². The van der Waals surface area contributed by atoms with Gasteiger partial charge in [0.05, 0.1) is 0 Å². The van der Waals surface area contributed by atoms with Crippen LogP contribution in [-0.2, 0) is 14.8 Å². The summed E-state index contributed by atoms with van der Waals surface area (Å²) in [4.78, 5) is 19.6. The molecule has 262 valence electrons. The van der Waals surface area contributed by atoms with E-state index in [9.17, 15) is 31.5 Å². The maximum Gasteiger partial charge on any atom is 0.573 e. The Bertz CT molecular complexity index is 1640. The molecule has 5 rings (SSSR count). The molecule has 2 atom stereocenters. The van der Waals surface area contributed by atoms with Crippen LogP contribution in [0.3, 0.4) is 0 Å². The minimum absolute atomic E-state index is 0.0471. The number of alkyl halides is 3. The predicted molar refractivity (Wildman–Crippen MR) is 179 cm³/mol. The lowest BCUT2D eigenvalue weighted by molar-refractivity contribution is -0.274. The van der Waals surface area contributed by atoms with Crippen LogP contribution in [0.2, 0.25) is 0 Å². The fraction of sp³-hybridized carbons (Fsp3) is 0.543. The molecule has 0 radical (unpaired) electrons. The van der Waals surface area contributed by atoms with Crippen molar-refractivity contribution in [3.05, 3.63) is 69.6 Å². The van der Waals surface area contributed by atoms with Gasteiger partial charge in [0.1, 0.15) is 23.4 Å². The number of nitrogens with one attached hydrogen (secondary N) is 1. The van der Waals surface area contributed by atoms with Crippen molar-refractivity contribution in [1.29, 1.82) is 0 Å². The zero-order chi connectivity index (χ0) is 34.9. The van der Waals surface area contributed by atoms with Gasteiger partial charge in [0.25, 0.3) is 5.91 Å². The molecule has 9 nitrogen and oxygen atoms in total. The highest BCUT2D eigenvalue weighted by atomic mass is 32.2. The van der Waals surface area contributed by atoms with Crippen LogP contribution < -0.4 is 10.1 Å². The number of aliphatic hydroxyl groups excluding tert-OH is 1. The van der Waals surface area contributed by atoms with Gasteiger partial charge in [-0.2, -0.15) is 4.31 Å². The molecule has 3 aliphatic heterocycles. The molecule has 2 N–H and O–H groups in total. The van der Waals surface area contributed by atoms with Gasteiger partial charge in [-0.15, -0.1) is 13.2 Å². The van der Waals surface area contributed by atoms with Gasteiger partial charge < -0.3 is 15.2 Å². The molecule has 2 aromatic rings. The number of aliphatic hydroxyl groups is 1. The van der Waals surface area contributed by atoms with Crippen LogP contribution in [0.1, 0.15) is 86.4 Å². The van der Waals surface area contributed by atoms with Crippen LogP contribution in [0.5, 0.6) is 5.75 Å². The summed E-state index contributed by atoms with van der Waals surface area (Å²) >= 11 is 0. The van der Waals surface area contributed by atoms with Crippen molar-refractivity contribution in [2.75, 3.05) is 26.2 Å². The van der Waals surface area contributed by atoms with E-state index in [4.69, 9.17) is 0 Å². The van der Waals surface area contributed by atoms with Crippen molar-refractivity contribution in [2.45, 2.75) is 84.3 Å². The van der Waals surface area contributed by atoms with E-state index in [2.05, 4.69) is 33.8 Å². The Balaban J connectivity index is 1.21. The first-order chi connectivity index (χ1) is 22.5. The fourth-order valence-electron chi connectivity index (χ4n) is 6.95. The third-order valence-electron chi connectivity index (χ3n) is 9.61. The number of piperidine rings is 1. The summed E-state index contributed by atoms with van der Waals surface area (Å²) in [6, 6.07) is 9.01. The van der Waals surface area contributed by atoms with Gasteiger partial charge >= 0.3 is 6.36 Å². The smallest absolute Gasteiger partial charge is 0.406 e. The number of amides is 1. The monoisotopic (exact) mass is 690 g/mol. The van der Waals surface area contributed by atoms with Crippen molar-refractivity contribution < 1.29 is 36.2 Å². The van der Waals surface area contributed by atoms with E-state index in [1.807, 2.05) is 26.0 Å². The number of nitrogens with zero attached hydrogens (tertiary/aromatic N) is 3. The topological polar surface area (TPSA) is 112 Å². The number of hydrogen-bond donors (Lipinski definition) is 2. The average molecular weight is 691 g/mol. The van der Waals surface area contributed by atoms with E-state index in [-0.39, 0.29) is 37.3 Å². The first kappa shape index (κ1) is 36.0. The minimum Gasteiger partial charge on any atom is -0.406 e. The molecular formula is C35H45F3N4O5S. The summed E-state index contributed by atoms with van der Waals surface area (Å²) < 4.78 is 70.0. The van der Waals surface area contributed by atoms with E-state index >= 15 is 0 Å². The largest absolute Gasteiger partial charge is 0.573 e. The average Bonchev–Trinajstić information content (AvgIpc) is 3.60. The van der Waals surface area contributed by atoms with Gasteiger partial charge in [-0.1, -0.05) is 51.0 Å². The molecular weight excluding hydrogens is 645 g/mol. The standard InChI is InChI=1S/C35H45F3N4O5S/c1-23(2)7-5-8-26-11-15-41(22-26)32(43)28-19-24(3)30(25(4)20-28)12-18-48(45,46)42-16-13-34(14-17-42)33(44)39-31(40-34)27-9-6-10-29(21-27)47-35(36,37)38/h6,9-10,12,18-21,23,26,32,43H,5,7-8,11,13-17,22H2,1-4H3,(H,39,40,44)/b18-12+/t26-,32?/m1/s1. The number of sulfonamides is 1. The first-order valence-corrected chi connectivity index (χ1v) is 18.0. The maximum atomic E-state index is 13.3. The zero-order valence-corrected chi connectivity index (χ0v) is 28.7. The number of benzene rings is 2. The zero-order valence-electron chi connectivity index (χ0n) is 27.9.